The fourth-order valence-corrected chi connectivity index (χ4v) is 4.40. The number of hydrogen-bond acceptors (Lipinski definition) is 6. The van der Waals surface area contributed by atoms with Crippen LogP contribution in [0.4, 0.5) is 5.82 Å². The molecule has 0 saturated carbocycles. The first kappa shape index (κ1) is 23.5. The van der Waals surface area contributed by atoms with Crippen LogP contribution >= 0.6 is 23.4 Å². The molecule has 11 heteroatoms. The van der Waals surface area contributed by atoms with Crippen molar-refractivity contribution in [2.45, 2.75) is 12.1 Å². The highest BCUT2D eigenvalue weighted by Crippen LogP contribution is 2.26. The average Bonchev–Trinajstić information content (AvgIpc) is 2.82. The molecular weight excluding hydrogens is 478 g/mol. The van der Waals surface area contributed by atoms with Crippen molar-refractivity contribution in [3.8, 4) is 5.69 Å². The molecule has 4 aromatic rings. The van der Waals surface area contributed by atoms with E-state index in [1.807, 2.05) is 0 Å². The summed E-state index contributed by atoms with van der Waals surface area (Å²) in [6, 6.07) is 13.4. The summed E-state index contributed by atoms with van der Waals surface area (Å²) in [6.07, 6.45) is 0. The number of anilines is 1. The monoisotopic (exact) mass is 497 g/mol. The molecule has 0 saturated heterocycles. The molecule has 0 bridgehead atoms. The second-order valence-corrected chi connectivity index (χ2v) is 8.89. The van der Waals surface area contributed by atoms with Crippen molar-refractivity contribution in [3.63, 3.8) is 0 Å². The predicted octanol–water partition coefficient (Wildman–Crippen LogP) is 2.48. The van der Waals surface area contributed by atoms with Gasteiger partial charge >= 0.3 is 5.69 Å². The average molecular weight is 498 g/mol. The maximum absolute atomic E-state index is 13.4. The zero-order valence-corrected chi connectivity index (χ0v) is 20.1. The van der Waals surface area contributed by atoms with Crippen molar-refractivity contribution in [2.75, 3.05) is 11.1 Å². The van der Waals surface area contributed by atoms with Gasteiger partial charge in [0.25, 0.3) is 11.1 Å². The number of fused-ring (bicyclic) bond motifs is 1. The van der Waals surface area contributed by atoms with Gasteiger partial charge in [0, 0.05) is 25.2 Å². The molecule has 174 valence electrons. The first-order valence-corrected chi connectivity index (χ1v) is 11.5. The number of thioether (sulfide) groups is 1. The van der Waals surface area contributed by atoms with Crippen LogP contribution in [-0.2, 0) is 18.9 Å². The summed E-state index contributed by atoms with van der Waals surface area (Å²) < 4.78 is 3.55. The number of carbonyl (C=O) groups excluding carboxylic acids is 1. The van der Waals surface area contributed by atoms with Crippen LogP contribution < -0.4 is 22.1 Å². The van der Waals surface area contributed by atoms with Gasteiger partial charge in [-0.25, -0.2) is 9.78 Å². The summed E-state index contributed by atoms with van der Waals surface area (Å²) >= 11 is 7.35. The van der Waals surface area contributed by atoms with Crippen molar-refractivity contribution in [2.24, 2.45) is 14.1 Å². The third-order valence-corrected chi connectivity index (χ3v) is 6.70. The summed E-state index contributed by atoms with van der Waals surface area (Å²) in [5.74, 6) is -0.508. The van der Waals surface area contributed by atoms with Gasteiger partial charge in [0.1, 0.15) is 5.82 Å². The molecule has 2 aromatic carbocycles. The molecule has 0 radical (unpaired) electrons. The van der Waals surface area contributed by atoms with Gasteiger partial charge in [-0.2, -0.15) is 0 Å². The number of amides is 1. The molecule has 0 aliphatic heterocycles. The summed E-state index contributed by atoms with van der Waals surface area (Å²) in [4.78, 5) is 54.7. The Morgan fingerprint density at radius 1 is 1.06 bits per heavy atom. The number of aromatic nitrogens is 4. The van der Waals surface area contributed by atoms with E-state index in [-0.39, 0.29) is 17.1 Å². The van der Waals surface area contributed by atoms with E-state index < -0.39 is 17.2 Å². The quantitative estimate of drug-likeness (QED) is 0.335. The van der Waals surface area contributed by atoms with E-state index >= 15 is 0 Å². The third kappa shape index (κ3) is 4.29. The molecule has 2 heterocycles. The highest BCUT2D eigenvalue weighted by molar-refractivity contribution is 7.99. The minimum atomic E-state index is -0.558. The number of benzene rings is 2. The van der Waals surface area contributed by atoms with E-state index in [0.29, 0.717) is 32.3 Å². The largest absolute Gasteiger partial charge is 0.332 e. The molecule has 0 atom stereocenters. The number of nitrogens with one attached hydrogen (secondary N) is 1. The van der Waals surface area contributed by atoms with E-state index in [4.69, 9.17) is 11.6 Å². The van der Waals surface area contributed by atoms with Gasteiger partial charge in [-0.1, -0.05) is 41.6 Å². The van der Waals surface area contributed by atoms with Crippen LogP contribution in [0.3, 0.4) is 0 Å². The third-order valence-electron chi connectivity index (χ3n) is 5.35. The molecule has 4 rings (SSSR count). The zero-order valence-electron chi connectivity index (χ0n) is 18.5. The summed E-state index contributed by atoms with van der Waals surface area (Å²) in [6.45, 7) is 1.80. The van der Waals surface area contributed by atoms with Gasteiger partial charge in [0.2, 0.25) is 5.91 Å². The van der Waals surface area contributed by atoms with Crippen molar-refractivity contribution in [1.82, 2.24) is 18.7 Å². The van der Waals surface area contributed by atoms with Crippen LogP contribution in [0, 0.1) is 6.92 Å². The van der Waals surface area contributed by atoms with E-state index in [1.54, 1.807) is 49.4 Å². The Balaban J connectivity index is 1.72. The molecule has 1 N–H and O–H groups in total. The fraction of sp³-hybridized carbons (Fsp3) is 0.174. The number of para-hydroxylation sites is 1. The van der Waals surface area contributed by atoms with Crippen molar-refractivity contribution >= 4 is 46.0 Å². The second-order valence-electron chi connectivity index (χ2n) is 7.54. The van der Waals surface area contributed by atoms with E-state index in [2.05, 4.69) is 10.3 Å². The number of carbonyl (C=O) groups is 1. The van der Waals surface area contributed by atoms with Gasteiger partial charge in [-0.3, -0.25) is 28.1 Å². The first-order chi connectivity index (χ1) is 16.2. The maximum atomic E-state index is 13.4. The Labute approximate surface area is 202 Å². The molecule has 2 aromatic heterocycles. The van der Waals surface area contributed by atoms with Crippen LogP contribution in [0.5, 0.6) is 0 Å². The summed E-state index contributed by atoms with van der Waals surface area (Å²) in [5, 5.41) is 3.82. The van der Waals surface area contributed by atoms with Crippen LogP contribution in [0.15, 0.2) is 68.1 Å². The lowest BCUT2D eigenvalue weighted by Gasteiger charge is -2.16. The summed E-state index contributed by atoms with van der Waals surface area (Å²) in [5.41, 5.74) is 0.384. The highest BCUT2D eigenvalue weighted by atomic mass is 35.5. The normalized spacial score (nSPS) is 11.1. The minimum absolute atomic E-state index is 0.0771. The minimum Gasteiger partial charge on any atom is -0.311 e. The molecule has 0 spiro atoms. The highest BCUT2D eigenvalue weighted by Gasteiger charge is 2.17. The fourth-order valence-electron chi connectivity index (χ4n) is 3.42. The number of rotatable bonds is 5. The number of hydrogen-bond donors (Lipinski definition) is 1. The standard InChI is InChI=1S/C23H20ClN5O4S/c1-13-15(24)8-6-10-17(13)29-21(32)14-7-4-5-9-16(14)25-22(29)34-12-19(30)26-18-11-20(31)28(3)23(33)27(18)2/h4-11H,12H2,1-3H3,(H,26,30). The van der Waals surface area contributed by atoms with Crippen LogP contribution in [0.1, 0.15) is 5.56 Å². The van der Waals surface area contributed by atoms with E-state index in [9.17, 15) is 19.2 Å². The lowest BCUT2D eigenvalue weighted by Crippen LogP contribution is -2.38. The van der Waals surface area contributed by atoms with Crippen LogP contribution in [0.2, 0.25) is 5.02 Å². The lowest BCUT2D eigenvalue weighted by atomic mass is 10.2. The molecular formula is C23H20ClN5O4S. The van der Waals surface area contributed by atoms with Gasteiger partial charge in [-0.15, -0.1) is 0 Å². The van der Waals surface area contributed by atoms with Gasteiger partial charge in [0.15, 0.2) is 5.16 Å². The Bertz CT molecular complexity index is 1620. The van der Waals surface area contributed by atoms with Crippen molar-refractivity contribution in [1.29, 1.82) is 0 Å². The van der Waals surface area contributed by atoms with Crippen molar-refractivity contribution in [3.05, 3.63) is 90.3 Å². The van der Waals surface area contributed by atoms with Crippen LogP contribution in [-0.4, -0.2) is 30.3 Å². The van der Waals surface area contributed by atoms with Gasteiger partial charge in [-0.05, 0) is 36.8 Å². The Morgan fingerprint density at radius 2 is 1.79 bits per heavy atom. The Morgan fingerprint density at radius 3 is 2.56 bits per heavy atom. The molecule has 0 aliphatic carbocycles. The molecule has 0 unspecified atom stereocenters. The summed E-state index contributed by atoms with van der Waals surface area (Å²) in [7, 11) is 2.81. The first-order valence-electron chi connectivity index (χ1n) is 10.2. The second kappa shape index (κ2) is 9.32. The van der Waals surface area contributed by atoms with Crippen molar-refractivity contribution < 1.29 is 4.79 Å². The van der Waals surface area contributed by atoms with Crippen LogP contribution in [0.25, 0.3) is 16.6 Å². The molecule has 0 aliphatic rings. The molecule has 0 fully saturated rings. The van der Waals surface area contributed by atoms with Gasteiger partial charge < -0.3 is 5.32 Å². The maximum Gasteiger partial charge on any atom is 0.332 e. The molecule has 1 amide bonds. The zero-order chi connectivity index (χ0) is 24.6. The number of halogens is 1. The Kier molecular flexibility index (Phi) is 6.45. The predicted molar refractivity (Wildman–Crippen MR) is 133 cm³/mol. The Hall–Kier alpha value is -3.63. The topological polar surface area (TPSA) is 108 Å². The number of nitrogens with zero attached hydrogens (tertiary/aromatic N) is 4. The van der Waals surface area contributed by atoms with E-state index in [1.165, 1.54) is 29.3 Å². The smallest absolute Gasteiger partial charge is 0.311 e. The lowest BCUT2D eigenvalue weighted by molar-refractivity contribution is -0.113. The molecule has 34 heavy (non-hydrogen) atoms. The SMILES string of the molecule is Cc1c(Cl)cccc1-n1c(SCC(=O)Nc2cc(=O)n(C)c(=O)n2C)nc2ccccc2c1=O. The van der Waals surface area contributed by atoms with E-state index in [0.717, 1.165) is 16.3 Å². The van der Waals surface area contributed by atoms with Gasteiger partial charge in [0.05, 0.1) is 22.3 Å². The molecule has 9 nitrogen and oxygen atoms in total.